The van der Waals surface area contributed by atoms with Gasteiger partial charge in [-0.2, -0.15) is 0 Å². The predicted molar refractivity (Wildman–Crippen MR) is 72.5 cm³/mol. The summed E-state index contributed by atoms with van der Waals surface area (Å²) in [6.45, 7) is 0. The number of carboxylic acids is 1. The van der Waals surface area contributed by atoms with Crippen LogP contribution >= 0.6 is 0 Å². The summed E-state index contributed by atoms with van der Waals surface area (Å²) < 4.78 is 10.8. The fourth-order valence-corrected chi connectivity index (χ4v) is 2.37. The van der Waals surface area contributed by atoms with Crippen molar-refractivity contribution in [2.24, 2.45) is 5.73 Å². The number of nitro groups is 1. The van der Waals surface area contributed by atoms with Gasteiger partial charge >= 0.3 is 5.97 Å². The van der Waals surface area contributed by atoms with Crippen LogP contribution in [0.15, 0.2) is 18.2 Å². The smallest absolute Gasteiger partial charge is 0.323 e. The molecule has 0 heterocycles. The number of nitrogens with zero attached hydrogens (tertiary/aromatic N) is 1. The Hall–Kier alpha value is -2.35. The molecule has 1 aromatic carbocycles. The first-order valence-corrected chi connectivity index (χ1v) is 6.37. The van der Waals surface area contributed by atoms with Crippen molar-refractivity contribution in [1.82, 2.24) is 0 Å². The first-order valence-electron chi connectivity index (χ1n) is 6.37. The molecule has 1 aromatic rings. The molecule has 0 saturated heterocycles. The third-order valence-electron chi connectivity index (χ3n) is 3.58. The molecule has 0 radical (unpaired) electrons. The van der Waals surface area contributed by atoms with Crippen molar-refractivity contribution in [3.63, 3.8) is 0 Å². The van der Waals surface area contributed by atoms with Crippen LogP contribution in [0.25, 0.3) is 0 Å². The third kappa shape index (κ3) is 3.05. The summed E-state index contributed by atoms with van der Waals surface area (Å²) >= 11 is 0. The number of hydrogen-bond acceptors (Lipinski definition) is 6. The average molecular weight is 296 g/mol. The molecule has 1 saturated carbocycles. The number of nitro benzene ring substituents is 1. The summed E-state index contributed by atoms with van der Waals surface area (Å²) in [7, 11) is 1.42. The molecule has 0 amide bonds. The lowest BCUT2D eigenvalue weighted by atomic mass is 10.00. The lowest BCUT2D eigenvalue weighted by Gasteiger charge is -2.19. The maximum Gasteiger partial charge on any atom is 0.323 e. The van der Waals surface area contributed by atoms with E-state index in [1.807, 2.05) is 0 Å². The number of non-ortho nitro benzene ring substituents is 1. The molecule has 0 bridgehead atoms. The molecule has 0 aliphatic heterocycles. The average Bonchev–Trinajstić information content (AvgIpc) is 2.81. The van der Waals surface area contributed by atoms with E-state index in [1.54, 1.807) is 0 Å². The van der Waals surface area contributed by atoms with Crippen molar-refractivity contribution in [3.8, 4) is 11.5 Å². The van der Waals surface area contributed by atoms with Crippen LogP contribution in [-0.2, 0) is 4.79 Å². The van der Waals surface area contributed by atoms with Crippen LogP contribution in [0.5, 0.6) is 11.5 Å². The largest absolute Gasteiger partial charge is 0.493 e. The second-order valence-corrected chi connectivity index (χ2v) is 5.04. The summed E-state index contributed by atoms with van der Waals surface area (Å²) in [5.41, 5.74) is 4.34. The molecule has 114 valence electrons. The molecule has 3 N–H and O–H groups in total. The van der Waals surface area contributed by atoms with Crippen LogP contribution < -0.4 is 15.2 Å². The Morgan fingerprint density at radius 1 is 1.52 bits per heavy atom. The van der Waals surface area contributed by atoms with Gasteiger partial charge in [0, 0.05) is 12.5 Å². The second-order valence-electron chi connectivity index (χ2n) is 5.04. The molecule has 2 rings (SSSR count). The second kappa shape index (κ2) is 5.57. The van der Waals surface area contributed by atoms with Gasteiger partial charge in [-0.15, -0.1) is 0 Å². The number of carboxylic acid groups (broad SMARTS) is 1. The van der Waals surface area contributed by atoms with Gasteiger partial charge in [0.1, 0.15) is 11.6 Å². The molecule has 1 aliphatic rings. The minimum atomic E-state index is -1.31. The highest BCUT2D eigenvalue weighted by Gasteiger charge is 2.43. The molecule has 8 heteroatoms. The number of rotatable bonds is 5. The van der Waals surface area contributed by atoms with Gasteiger partial charge in [-0.25, -0.2) is 0 Å². The highest BCUT2D eigenvalue weighted by Crippen LogP contribution is 2.36. The Morgan fingerprint density at radius 3 is 2.76 bits per heavy atom. The summed E-state index contributed by atoms with van der Waals surface area (Å²) in [5.74, 6) is -0.503. The van der Waals surface area contributed by atoms with E-state index in [0.29, 0.717) is 18.6 Å². The molecule has 1 fully saturated rings. The van der Waals surface area contributed by atoms with Crippen molar-refractivity contribution in [1.29, 1.82) is 0 Å². The SMILES string of the molecule is COc1ccc([N+](=O)[O-])cc1OC1CCC(N)(C(=O)O)C1. The van der Waals surface area contributed by atoms with Gasteiger partial charge in [0.05, 0.1) is 18.1 Å². The monoisotopic (exact) mass is 296 g/mol. The third-order valence-corrected chi connectivity index (χ3v) is 3.58. The highest BCUT2D eigenvalue weighted by atomic mass is 16.6. The van der Waals surface area contributed by atoms with E-state index in [0.717, 1.165) is 0 Å². The van der Waals surface area contributed by atoms with Crippen LogP contribution in [0, 0.1) is 10.1 Å². The predicted octanol–water partition coefficient (Wildman–Crippen LogP) is 1.32. The zero-order valence-electron chi connectivity index (χ0n) is 11.4. The van der Waals surface area contributed by atoms with E-state index in [9.17, 15) is 14.9 Å². The topological polar surface area (TPSA) is 125 Å². The summed E-state index contributed by atoms with van der Waals surface area (Å²) in [6.07, 6.45) is 0.495. The molecule has 8 nitrogen and oxygen atoms in total. The van der Waals surface area contributed by atoms with Crippen molar-refractivity contribution in [3.05, 3.63) is 28.3 Å². The number of benzene rings is 1. The van der Waals surface area contributed by atoms with Gasteiger partial charge < -0.3 is 20.3 Å². The van der Waals surface area contributed by atoms with Crippen LogP contribution in [0.4, 0.5) is 5.69 Å². The Kier molecular flexibility index (Phi) is 3.99. The Morgan fingerprint density at radius 2 is 2.24 bits per heavy atom. The molecule has 21 heavy (non-hydrogen) atoms. The number of hydrogen-bond donors (Lipinski definition) is 2. The lowest BCUT2D eigenvalue weighted by Crippen LogP contribution is -2.46. The molecular formula is C13H16N2O6. The standard InChI is InChI=1S/C13H16N2O6/c1-20-10-3-2-8(15(18)19)6-11(10)21-9-4-5-13(14,7-9)12(16)17/h2-3,6,9H,4-5,7,14H2,1H3,(H,16,17). The van der Waals surface area contributed by atoms with Gasteiger partial charge in [0.2, 0.25) is 0 Å². The lowest BCUT2D eigenvalue weighted by molar-refractivity contribution is -0.385. The van der Waals surface area contributed by atoms with Gasteiger partial charge in [0.15, 0.2) is 11.5 Å². The first-order chi connectivity index (χ1) is 9.85. The fourth-order valence-electron chi connectivity index (χ4n) is 2.37. The van der Waals surface area contributed by atoms with Crippen LogP contribution in [0.2, 0.25) is 0 Å². The van der Waals surface area contributed by atoms with Crippen LogP contribution in [0.3, 0.4) is 0 Å². The van der Waals surface area contributed by atoms with Crippen molar-refractivity contribution < 1.29 is 24.3 Å². The van der Waals surface area contributed by atoms with Gasteiger partial charge in [-0.3, -0.25) is 14.9 Å². The van der Waals surface area contributed by atoms with Crippen molar-refractivity contribution >= 4 is 11.7 Å². The maximum absolute atomic E-state index is 11.1. The van der Waals surface area contributed by atoms with Gasteiger partial charge in [0.25, 0.3) is 5.69 Å². The number of methoxy groups -OCH3 is 1. The fraction of sp³-hybridized carbons (Fsp3) is 0.462. The summed E-state index contributed by atoms with van der Waals surface area (Å²) in [5, 5.41) is 19.9. The van der Waals surface area contributed by atoms with Crippen molar-refractivity contribution in [2.75, 3.05) is 7.11 Å². The number of carbonyl (C=O) groups is 1. The molecule has 1 aliphatic carbocycles. The van der Waals surface area contributed by atoms with E-state index in [-0.39, 0.29) is 17.9 Å². The van der Waals surface area contributed by atoms with E-state index < -0.39 is 22.5 Å². The molecule has 0 spiro atoms. The first kappa shape index (κ1) is 15.0. The Bertz CT molecular complexity index is 576. The molecule has 0 aromatic heterocycles. The van der Waals surface area contributed by atoms with E-state index in [2.05, 4.69) is 0 Å². The summed E-state index contributed by atoms with van der Waals surface area (Å²) in [4.78, 5) is 21.4. The summed E-state index contributed by atoms with van der Waals surface area (Å²) in [6, 6.07) is 4.01. The Labute approximate surface area is 120 Å². The highest BCUT2D eigenvalue weighted by molar-refractivity contribution is 5.79. The van der Waals surface area contributed by atoms with Crippen molar-refractivity contribution in [2.45, 2.75) is 30.9 Å². The zero-order valence-corrected chi connectivity index (χ0v) is 11.4. The number of ether oxygens (including phenoxy) is 2. The van der Waals surface area contributed by atoms with Gasteiger partial charge in [-0.1, -0.05) is 0 Å². The van der Waals surface area contributed by atoms with E-state index in [1.165, 1.54) is 25.3 Å². The molecule has 2 atom stereocenters. The van der Waals surface area contributed by atoms with E-state index >= 15 is 0 Å². The minimum Gasteiger partial charge on any atom is -0.493 e. The molecule has 2 unspecified atom stereocenters. The Balaban J connectivity index is 2.18. The zero-order chi connectivity index (χ0) is 15.6. The normalized spacial score (nSPS) is 24.6. The van der Waals surface area contributed by atoms with E-state index in [4.69, 9.17) is 20.3 Å². The maximum atomic E-state index is 11.1. The van der Waals surface area contributed by atoms with Crippen LogP contribution in [-0.4, -0.2) is 34.8 Å². The number of aliphatic carboxylic acids is 1. The molecular weight excluding hydrogens is 280 g/mol. The van der Waals surface area contributed by atoms with Gasteiger partial charge in [-0.05, 0) is 18.9 Å². The van der Waals surface area contributed by atoms with Crippen LogP contribution in [0.1, 0.15) is 19.3 Å². The number of nitrogens with two attached hydrogens (primary N) is 1. The minimum absolute atomic E-state index is 0.124. The quantitative estimate of drug-likeness (QED) is 0.620.